The van der Waals surface area contributed by atoms with Gasteiger partial charge in [0.15, 0.2) is 23.0 Å². The van der Waals surface area contributed by atoms with Gasteiger partial charge in [-0.25, -0.2) is 0 Å². The van der Waals surface area contributed by atoms with Crippen LogP contribution in [-0.4, -0.2) is 33.7 Å². The number of hydrogen-bond donors (Lipinski definition) is 0. The number of rotatable bonds is 17. The van der Waals surface area contributed by atoms with Gasteiger partial charge in [0.2, 0.25) is 0 Å². The molecule has 0 aliphatic carbocycles. The van der Waals surface area contributed by atoms with Gasteiger partial charge in [-0.05, 0) is 48.7 Å². The molecule has 2 rings (SSSR count). The number of aldehydes is 1. The number of carbonyl (C=O) groups excluding carboxylic acids is 1. The lowest BCUT2D eigenvalue weighted by molar-refractivity contribution is 0.112. The highest BCUT2D eigenvalue weighted by molar-refractivity contribution is 5.76. The minimum Gasteiger partial charge on any atom is -0.493 e. The fourth-order valence-electron chi connectivity index (χ4n) is 3.44. The van der Waals surface area contributed by atoms with Gasteiger partial charge in [-0.1, -0.05) is 57.2 Å². The van der Waals surface area contributed by atoms with Crippen LogP contribution in [0.4, 0.5) is 0 Å². The van der Waals surface area contributed by atoms with E-state index in [0.717, 1.165) is 42.6 Å². The molecule has 174 valence electrons. The molecule has 0 heterocycles. The summed E-state index contributed by atoms with van der Waals surface area (Å²) in [7, 11) is 3.26. The zero-order valence-electron chi connectivity index (χ0n) is 19.4. The summed E-state index contributed by atoms with van der Waals surface area (Å²) in [5, 5.41) is 0. The van der Waals surface area contributed by atoms with Crippen molar-refractivity contribution >= 4 is 12.4 Å². The lowest BCUT2D eigenvalue weighted by Gasteiger charge is -2.11. The molecule has 0 bridgehead atoms. The standard InChI is InChI=1S/C27H36O5/c1-4-22-13-15-24(29-2)26(19-22)31-17-11-9-7-5-6-8-10-12-18-32-27-20-23(21-28)14-16-25(27)30-3/h4,13-16,19-21H,1,5-12,17-18H2,2-3H3. The molecule has 5 nitrogen and oxygen atoms in total. The molecule has 0 unspecified atom stereocenters. The Hall–Kier alpha value is -2.95. The summed E-state index contributed by atoms with van der Waals surface area (Å²) in [6, 6.07) is 11.1. The highest BCUT2D eigenvalue weighted by Crippen LogP contribution is 2.29. The zero-order chi connectivity index (χ0) is 23.0. The summed E-state index contributed by atoms with van der Waals surface area (Å²) in [6.45, 7) is 5.13. The third-order valence-corrected chi connectivity index (χ3v) is 5.30. The molecule has 0 aliphatic rings. The van der Waals surface area contributed by atoms with Crippen molar-refractivity contribution < 1.29 is 23.7 Å². The number of unbranched alkanes of at least 4 members (excludes halogenated alkanes) is 7. The second kappa shape index (κ2) is 15.0. The molecule has 0 aromatic heterocycles. The molecule has 0 N–H and O–H groups in total. The first-order chi connectivity index (χ1) is 15.7. The van der Waals surface area contributed by atoms with E-state index in [1.165, 1.54) is 32.1 Å². The molecule has 5 heteroatoms. The topological polar surface area (TPSA) is 54.0 Å². The van der Waals surface area contributed by atoms with Crippen molar-refractivity contribution in [3.8, 4) is 23.0 Å². The van der Waals surface area contributed by atoms with Gasteiger partial charge in [0, 0.05) is 5.56 Å². The monoisotopic (exact) mass is 440 g/mol. The van der Waals surface area contributed by atoms with Crippen LogP contribution in [0.2, 0.25) is 0 Å². The quantitative estimate of drug-likeness (QED) is 0.201. The van der Waals surface area contributed by atoms with Gasteiger partial charge < -0.3 is 18.9 Å². The van der Waals surface area contributed by atoms with Gasteiger partial charge in [0.05, 0.1) is 27.4 Å². The Kier molecular flexibility index (Phi) is 11.8. The van der Waals surface area contributed by atoms with E-state index in [4.69, 9.17) is 18.9 Å². The van der Waals surface area contributed by atoms with Gasteiger partial charge in [-0.15, -0.1) is 0 Å². The average Bonchev–Trinajstić information content (AvgIpc) is 2.84. The Morgan fingerprint density at radius 3 is 1.53 bits per heavy atom. The molecule has 0 saturated heterocycles. The van der Waals surface area contributed by atoms with Crippen LogP contribution in [-0.2, 0) is 0 Å². The van der Waals surface area contributed by atoms with Gasteiger partial charge in [0.25, 0.3) is 0 Å². The molecule has 0 radical (unpaired) electrons. The Morgan fingerprint density at radius 2 is 1.09 bits per heavy atom. The van der Waals surface area contributed by atoms with Crippen LogP contribution in [0.1, 0.15) is 67.3 Å². The number of ether oxygens (including phenoxy) is 4. The first kappa shape index (κ1) is 25.3. The van der Waals surface area contributed by atoms with Gasteiger partial charge in [-0.2, -0.15) is 0 Å². The van der Waals surface area contributed by atoms with Gasteiger partial charge in [-0.3, -0.25) is 4.79 Å². The Bertz CT molecular complexity index is 761. The SMILES string of the molecule is C=Cc1ccc(OC)c(OCCCCCCCCCCOc2cc(C=O)ccc2OC)c1. The van der Waals surface area contributed by atoms with E-state index >= 15 is 0 Å². The van der Waals surface area contributed by atoms with E-state index in [9.17, 15) is 4.79 Å². The molecule has 2 aromatic carbocycles. The summed E-state index contributed by atoms with van der Waals surface area (Å²) < 4.78 is 22.3. The van der Waals surface area contributed by atoms with Crippen LogP contribution in [0.3, 0.4) is 0 Å². The summed E-state index contributed by atoms with van der Waals surface area (Å²) in [6.07, 6.45) is 11.9. The normalized spacial score (nSPS) is 10.4. The smallest absolute Gasteiger partial charge is 0.161 e. The van der Waals surface area contributed by atoms with Crippen molar-refractivity contribution in [2.75, 3.05) is 27.4 Å². The van der Waals surface area contributed by atoms with Gasteiger partial charge in [0.1, 0.15) is 6.29 Å². The van der Waals surface area contributed by atoms with Crippen molar-refractivity contribution in [2.24, 2.45) is 0 Å². The lowest BCUT2D eigenvalue weighted by atomic mass is 10.1. The number of carbonyl (C=O) groups is 1. The van der Waals surface area contributed by atoms with Crippen molar-refractivity contribution in [3.63, 3.8) is 0 Å². The van der Waals surface area contributed by atoms with Crippen molar-refractivity contribution in [2.45, 2.75) is 51.4 Å². The van der Waals surface area contributed by atoms with Crippen LogP contribution in [0, 0.1) is 0 Å². The first-order valence-electron chi connectivity index (χ1n) is 11.4. The Labute approximate surface area is 192 Å². The van der Waals surface area contributed by atoms with E-state index in [0.29, 0.717) is 30.3 Å². The molecule has 0 saturated carbocycles. The fraction of sp³-hybridized carbons (Fsp3) is 0.444. The van der Waals surface area contributed by atoms with E-state index in [2.05, 4.69) is 6.58 Å². The first-order valence-corrected chi connectivity index (χ1v) is 11.4. The van der Waals surface area contributed by atoms with E-state index in [1.807, 2.05) is 18.2 Å². The van der Waals surface area contributed by atoms with Crippen LogP contribution < -0.4 is 18.9 Å². The van der Waals surface area contributed by atoms with Crippen LogP contribution in [0.15, 0.2) is 43.0 Å². The summed E-state index contributed by atoms with van der Waals surface area (Å²) >= 11 is 0. The second-order valence-electron chi connectivity index (χ2n) is 7.67. The molecular weight excluding hydrogens is 404 g/mol. The van der Waals surface area contributed by atoms with E-state index < -0.39 is 0 Å². The molecule has 32 heavy (non-hydrogen) atoms. The van der Waals surface area contributed by atoms with Crippen molar-refractivity contribution in [1.29, 1.82) is 0 Å². The highest BCUT2D eigenvalue weighted by Gasteiger charge is 2.06. The number of methoxy groups -OCH3 is 2. The lowest BCUT2D eigenvalue weighted by Crippen LogP contribution is -2.00. The Morgan fingerprint density at radius 1 is 0.656 bits per heavy atom. The minimum atomic E-state index is 0.593. The summed E-state index contributed by atoms with van der Waals surface area (Å²) in [5.74, 6) is 2.83. The van der Waals surface area contributed by atoms with Crippen molar-refractivity contribution in [3.05, 3.63) is 54.1 Å². The summed E-state index contributed by atoms with van der Waals surface area (Å²) in [4.78, 5) is 10.9. The third kappa shape index (κ3) is 8.66. The molecular formula is C27H36O5. The summed E-state index contributed by atoms with van der Waals surface area (Å²) in [5.41, 5.74) is 1.62. The number of hydrogen-bond acceptors (Lipinski definition) is 5. The number of benzene rings is 2. The highest BCUT2D eigenvalue weighted by atomic mass is 16.5. The average molecular weight is 441 g/mol. The molecule has 0 atom stereocenters. The molecule has 0 spiro atoms. The van der Waals surface area contributed by atoms with E-state index in [1.54, 1.807) is 38.5 Å². The Balaban J connectivity index is 1.49. The molecule has 0 fully saturated rings. The van der Waals surface area contributed by atoms with Crippen molar-refractivity contribution in [1.82, 2.24) is 0 Å². The predicted molar refractivity (Wildman–Crippen MR) is 129 cm³/mol. The maximum atomic E-state index is 10.9. The van der Waals surface area contributed by atoms with E-state index in [-0.39, 0.29) is 0 Å². The molecule has 2 aromatic rings. The largest absolute Gasteiger partial charge is 0.493 e. The third-order valence-electron chi connectivity index (χ3n) is 5.30. The predicted octanol–water partition coefficient (Wildman–Crippen LogP) is 6.74. The zero-order valence-corrected chi connectivity index (χ0v) is 19.4. The molecule has 0 aliphatic heterocycles. The minimum absolute atomic E-state index is 0.593. The molecule has 0 amide bonds. The van der Waals surface area contributed by atoms with Crippen LogP contribution >= 0.6 is 0 Å². The van der Waals surface area contributed by atoms with Crippen LogP contribution in [0.5, 0.6) is 23.0 Å². The van der Waals surface area contributed by atoms with Crippen LogP contribution in [0.25, 0.3) is 6.08 Å². The fourth-order valence-corrected chi connectivity index (χ4v) is 3.44. The van der Waals surface area contributed by atoms with Gasteiger partial charge >= 0.3 is 0 Å². The second-order valence-corrected chi connectivity index (χ2v) is 7.67. The maximum Gasteiger partial charge on any atom is 0.161 e. The maximum absolute atomic E-state index is 10.9.